The maximum absolute atomic E-state index is 12.9. The van der Waals surface area contributed by atoms with Crippen molar-refractivity contribution < 1.29 is 80.2 Å². The van der Waals surface area contributed by atoms with Crippen LogP contribution >= 0.6 is 15.6 Å². The molecular weight excluding hydrogens is 1040 g/mol. The maximum atomic E-state index is 12.9. The zero-order valence-corrected chi connectivity index (χ0v) is 52.1. The summed E-state index contributed by atoms with van der Waals surface area (Å²) in [4.78, 5) is 71.9. The Morgan fingerprint density at radius 1 is 0.359 bits per heavy atom. The molecule has 4 unspecified atom stereocenters. The SMILES string of the molecule is CCC(C)CCCCCCCCC(=O)O[C@H](COC(=O)CCCCCCCCC(C)C)COP(=O)(O)OCC(O)COP(=O)(O)OC[C@@H](COC(=O)CCCCCCCCCC(C)C)OC(=O)CCCCCCCCC(C)C. The number of hydrogen-bond donors (Lipinski definition) is 3. The summed E-state index contributed by atoms with van der Waals surface area (Å²) in [6, 6.07) is 0. The molecule has 0 bridgehead atoms. The molecule has 0 aromatic heterocycles. The Balaban J connectivity index is 5.25. The van der Waals surface area contributed by atoms with Gasteiger partial charge < -0.3 is 33.8 Å². The molecule has 0 radical (unpaired) electrons. The molecule has 462 valence electrons. The van der Waals surface area contributed by atoms with E-state index < -0.39 is 97.5 Å². The summed E-state index contributed by atoms with van der Waals surface area (Å²) in [5.41, 5.74) is 0. The third-order valence-electron chi connectivity index (χ3n) is 13.7. The van der Waals surface area contributed by atoms with E-state index in [2.05, 4.69) is 55.4 Å². The normalized spacial score (nSPS) is 14.9. The number of esters is 4. The average molecular weight is 1160 g/mol. The Labute approximate surface area is 473 Å². The van der Waals surface area contributed by atoms with Gasteiger partial charge in [-0.15, -0.1) is 0 Å². The van der Waals surface area contributed by atoms with Crippen LogP contribution in [0.25, 0.3) is 0 Å². The molecule has 0 saturated carbocycles. The van der Waals surface area contributed by atoms with Crippen LogP contribution in [0.1, 0.15) is 274 Å². The molecule has 0 aliphatic rings. The fraction of sp³-hybridized carbons (Fsp3) is 0.932. The van der Waals surface area contributed by atoms with Crippen LogP contribution in [0.5, 0.6) is 0 Å². The highest BCUT2D eigenvalue weighted by molar-refractivity contribution is 7.47. The third-order valence-corrected chi connectivity index (χ3v) is 15.6. The van der Waals surface area contributed by atoms with Crippen molar-refractivity contribution in [3.63, 3.8) is 0 Å². The number of unbranched alkanes of at least 4 members (excludes halogenated alkanes) is 21. The van der Waals surface area contributed by atoms with E-state index in [4.69, 9.17) is 37.0 Å². The van der Waals surface area contributed by atoms with Crippen molar-refractivity contribution in [2.24, 2.45) is 23.7 Å². The zero-order chi connectivity index (χ0) is 58.3. The monoisotopic (exact) mass is 1160 g/mol. The van der Waals surface area contributed by atoms with E-state index >= 15 is 0 Å². The number of aliphatic hydroxyl groups excluding tert-OH is 1. The molecule has 19 heteroatoms. The second-order valence-corrected chi connectivity index (χ2v) is 26.0. The van der Waals surface area contributed by atoms with Crippen molar-refractivity contribution in [1.82, 2.24) is 0 Å². The highest BCUT2D eigenvalue weighted by atomic mass is 31.2. The number of aliphatic hydroxyl groups is 1. The number of ether oxygens (including phenoxy) is 4. The average Bonchev–Trinajstić information content (AvgIpc) is 3.38. The molecule has 0 heterocycles. The van der Waals surface area contributed by atoms with Crippen molar-refractivity contribution in [2.75, 3.05) is 39.6 Å². The molecule has 6 atom stereocenters. The van der Waals surface area contributed by atoms with Gasteiger partial charge in [0.1, 0.15) is 19.3 Å². The van der Waals surface area contributed by atoms with E-state index in [1.54, 1.807) is 0 Å². The molecule has 78 heavy (non-hydrogen) atoms. The van der Waals surface area contributed by atoms with Crippen LogP contribution in [0.2, 0.25) is 0 Å². The second kappa shape index (κ2) is 49.7. The molecule has 0 saturated heterocycles. The minimum Gasteiger partial charge on any atom is -0.462 e. The first-order valence-corrected chi connectivity index (χ1v) is 33.7. The van der Waals surface area contributed by atoms with Gasteiger partial charge in [-0.3, -0.25) is 37.3 Å². The summed E-state index contributed by atoms with van der Waals surface area (Å²) in [5.74, 6) is 0.620. The largest absolute Gasteiger partial charge is 0.472 e. The fourth-order valence-electron chi connectivity index (χ4n) is 8.51. The van der Waals surface area contributed by atoms with Crippen molar-refractivity contribution in [2.45, 2.75) is 292 Å². The fourth-order valence-corrected chi connectivity index (χ4v) is 10.1. The van der Waals surface area contributed by atoms with E-state index in [9.17, 15) is 43.2 Å². The van der Waals surface area contributed by atoms with E-state index in [0.29, 0.717) is 43.4 Å². The van der Waals surface area contributed by atoms with Crippen LogP contribution in [-0.2, 0) is 65.4 Å². The minimum absolute atomic E-state index is 0.100. The van der Waals surface area contributed by atoms with Gasteiger partial charge in [-0.1, -0.05) is 222 Å². The Morgan fingerprint density at radius 3 is 0.910 bits per heavy atom. The molecular formula is C59H114O17P2. The van der Waals surface area contributed by atoms with Gasteiger partial charge in [0.05, 0.1) is 26.4 Å². The summed E-state index contributed by atoms with van der Waals surface area (Å²) < 4.78 is 67.7. The maximum Gasteiger partial charge on any atom is 0.472 e. The minimum atomic E-state index is -4.94. The predicted molar refractivity (Wildman–Crippen MR) is 307 cm³/mol. The lowest BCUT2D eigenvalue weighted by molar-refractivity contribution is -0.161. The van der Waals surface area contributed by atoms with Gasteiger partial charge in [0.25, 0.3) is 0 Å². The Hall–Kier alpha value is -1.94. The number of carbonyl (C=O) groups excluding carboxylic acids is 4. The van der Waals surface area contributed by atoms with E-state index in [-0.39, 0.29) is 25.7 Å². The Bertz CT molecular complexity index is 1580. The number of rotatable bonds is 56. The first kappa shape index (κ1) is 76.1. The first-order chi connectivity index (χ1) is 37.1. The van der Waals surface area contributed by atoms with Crippen molar-refractivity contribution in [3.05, 3.63) is 0 Å². The van der Waals surface area contributed by atoms with Crippen molar-refractivity contribution >= 4 is 39.5 Å². The number of carbonyl (C=O) groups is 4. The second-order valence-electron chi connectivity index (χ2n) is 23.1. The van der Waals surface area contributed by atoms with Crippen LogP contribution in [0.4, 0.5) is 0 Å². The molecule has 0 aromatic carbocycles. The number of hydrogen-bond acceptors (Lipinski definition) is 15. The lowest BCUT2D eigenvalue weighted by Gasteiger charge is -2.21. The number of phosphoric acid groups is 2. The molecule has 0 aromatic rings. The van der Waals surface area contributed by atoms with Gasteiger partial charge in [-0.2, -0.15) is 0 Å². The van der Waals surface area contributed by atoms with Gasteiger partial charge in [0.2, 0.25) is 0 Å². The molecule has 0 rings (SSSR count). The Morgan fingerprint density at radius 2 is 0.615 bits per heavy atom. The summed E-state index contributed by atoms with van der Waals surface area (Å²) in [7, 11) is -9.88. The van der Waals surface area contributed by atoms with Crippen LogP contribution < -0.4 is 0 Å². The first-order valence-electron chi connectivity index (χ1n) is 30.7. The van der Waals surface area contributed by atoms with E-state index in [0.717, 1.165) is 109 Å². The lowest BCUT2D eigenvalue weighted by atomic mass is 10.00. The third kappa shape index (κ3) is 52.2. The molecule has 0 aliphatic heterocycles. The quantitative estimate of drug-likeness (QED) is 0.0222. The van der Waals surface area contributed by atoms with E-state index in [1.807, 2.05) is 0 Å². The predicted octanol–water partition coefficient (Wildman–Crippen LogP) is 15.4. The molecule has 17 nitrogen and oxygen atoms in total. The zero-order valence-electron chi connectivity index (χ0n) is 50.3. The Kier molecular flexibility index (Phi) is 48.4. The van der Waals surface area contributed by atoms with Crippen LogP contribution in [0.3, 0.4) is 0 Å². The topological polar surface area (TPSA) is 237 Å². The van der Waals surface area contributed by atoms with E-state index in [1.165, 1.54) is 64.2 Å². The highest BCUT2D eigenvalue weighted by Gasteiger charge is 2.30. The molecule has 0 amide bonds. The van der Waals surface area contributed by atoms with Crippen molar-refractivity contribution in [3.8, 4) is 0 Å². The van der Waals surface area contributed by atoms with Gasteiger partial charge in [0.15, 0.2) is 12.2 Å². The summed E-state index contributed by atoms with van der Waals surface area (Å²) in [6.07, 6.45) is 27.1. The smallest absolute Gasteiger partial charge is 0.462 e. The summed E-state index contributed by atoms with van der Waals surface area (Å²) in [5, 5.41) is 10.5. The van der Waals surface area contributed by atoms with Crippen LogP contribution in [0.15, 0.2) is 0 Å². The van der Waals surface area contributed by atoms with Gasteiger partial charge in [-0.05, 0) is 49.4 Å². The summed E-state index contributed by atoms with van der Waals surface area (Å²) >= 11 is 0. The van der Waals surface area contributed by atoms with Gasteiger partial charge in [-0.25, -0.2) is 9.13 Å². The van der Waals surface area contributed by atoms with Gasteiger partial charge in [0, 0.05) is 25.7 Å². The lowest BCUT2D eigenvalue weighted by Crippen LogP contribution is -2.30. The van der Waals surface area contributed by atoms with Gasteiger partial charge >= 0.3 is 39.5 Å². The number of phosphoric ester groups is 2. The van der Waals surface area contributed by atoms with Crippen LogP contribution in [0, 0.1) is 23.7 Å². The van der Waals surface area contributed by atoms with Crippen molar-refractivity contribution in [1.29, 1.82) is 0 Å². The molecule has 0 aliphatic carbocycles. The van der Waals surface area contributed by atoms with Crippen LogP contribution in [-0.4, -0.2) is 96.7 Å². The highest BCUT2D eigenvalue weighted by Crippen LogP contribution is 2.45. The molecule has 0 fully saturated rings. The standard InChI is InChI=1S/C59H114O17P2/c1-9-52(8)38-30-22-15-18-26-34-42-59(64)76-55(46-70-57(62)40-32-24-16-13-20-28-36-50(4)5)48-74-78(67,68)72-44-53(60)43-71-77(65,66)73-47-54(75-58(63)41-33-25-17-14-21-29-37-51(6)7)45-69-56(61)39-31-23-12-10-11-19-27-35-49(2)3/h49-55,60H,9-48H2,1-8H3,(H,65,66)(H,67,68)/t52?,53?,54-,55-/m1/s1. The summed E-state index contributed by atoms with van der Waals surface area (Å²) in [6.45, 7) is 13.8. The molecule has 3 N–H and O–H groups in total. The molecule has 0 spiro atoms.